The zero-order valence-corrected chi connectivity index (χ0v) is 55.1. The molecule has 0 aliphatic carbocycles. The van der Waals surface area contributed by atoms with E-state index in [4.69, 9.17) is 20.6 Å². The molecule has 2 aromatic carbocycles. The zero-order chi connectivity index (χ0) is 68.5. The first-order chi connectivity index (χ1) is 45.7. The van der Waals surface area contributed by atoms with E-state index in [1.54, 1.807) is 34.9 Å². The Balaban J connectivity index is 0.944. The molecular weight excluding hydrogens is 1260 g/mol. The average Bonchev–Trinajstić information content (AvgIpc) is 1.79. The van der Waals surface area contributed by atoms with E-state index in [0.29, 0.717) is 158 Å². The van der Waals surface area contributed by atoms with Gasteiger partial charge in [0.25, 0.3) is 30.7 Å². The molecule has 27 nitrogen and oxygen atoms in total. The molecule has 520 valence electrons. The predicted molar refractivity (Wildman–Crippen MR) is 351 cm³/mol. The van der Waals surface area contributed by atoms with E-state index in [-0.39, 0.29) is 69.8 Å². The van der Waals surface area contributed by atoms with Crippen molar-refractivity contribution < 1.29 is 76.4 Å². The fraction of sp³-hybridized carbons (Fsp3) is 0.585. The third-order valence-electron chi connectivity index (χ3n) is 16.3. The summed E-state index contributed by atoms with van der Waals surface area (Å²) in [5.74, 6) is -3.28. The molecule has 30 heteroatoms. The van der Waals surface area contributed by atoms with Crippen molar-refractivity contribution in [1.29, 1.82) is 0 Å². The molecule has 0 saturated carbocycles. The van der Waals surface area contributed by atoms with E-state index in [2.05, 4.69) is 54.2 Å². The highest BCUT2D eigenvalue weighted by atomic mass is 32.2. The van der Waals surface area contributed by atoms with Gasteiger partial charge in [-0.25, -0.2) is 8.78 Å². The standard InChI is InChI=1S/C65H91F2N13O14S/c1-4-51-38-65(66,67)43-80(51)60(86)39-71-62(89)53-18-20-69-55-17-16-52(37-54(53)55)94-35-8-22-74-31-33-79(34-32-74)64(91)57(83)42-95-36-21-70-63(90)56(10-5-6-19-68-49(3)72-58(84)11-7-9-50-14-12-48(2)13-15-50)73-59(85)40-75-23-24-76(41-61(87)88)26-28-78(45-93-47-82)30-29-77(27-25-75)44-92-46-81/h1,12-18,20,37,46-47,51,56-57,83H,5-11,19,21-36,38-45H2,2-3H3,(H,70,90)(H,71,89)(H,73,85)(H,87,88)(H,68,72,84)/t51-,56-,57+/m0/s1. The fourth-order valence-corrected chi connectivity index (χ4v) is 11.8. The van der Waals surface area contributed by atoms with Crippen LogP contribution in [-0.2, 0) is 54.3 Å². The number of likely N-dealkylation sites (tertiary alicyclic amines) is 1. The minimum atomic E-state index is -3.11. The van der Waals surface area contributed by atoms with Crippen LogP contribution in [0.2, 0.25) is 0 Å². The van der Waals surface area contributed by atoms with Crippen LogP contribution in [0.4, 0.5) is 8.78 Å². The molecule has 95 heavy (non-hydrogen) atoms. The normalized spacial score (nSPS) is 17.9. The van der Waals surface area contributed by atoms with Gasteiger partial charge in [-0.2, -0.15) is 11.8 Å². The Morgan fingerprint density at radius 3 is 2.13 bits per heavy atom. The molecule has 6 amide bonds. The maximum absolute atomic E-state index is 14.0. The second kappa shape index (κ2) is 40.5. The van der Waals surface area contributed by atoms with Crippen LogP contribution in [0.1, 0.15) is 73.4 Å². The lowest BCUT2D eigenvalue weighted by Gasteiger charge is -2.35. The van der Waals surface area contributed by atoms with Crippen molar-refractivity contribution in [3.05, 3.63) is 71.4 Å². The smallest absolute Gasteiger partial charge is 0.317 e. The Bertz CT molecular complexity index is 3080. The predicted octanol–water partition coefficient (Wildman–Crippen LogP) is 1.05. The number of hydrogen-bond donors (Lipinski definition) is 6. The Morgan fingerprint density at radius 2 is 1.47 bits per heavy atom. The number of aliphatic hydroxyl groups excluding tert-OH is 1. The lowest BCUT2D eigenvalue weighted by molar-refractivity contribution is -0.141. The molecule has 3 atom stereocenters. The van der Waals surface area contributed by atoms with Crippen LogP contribution in [0.3, 0.4) is 0 Å². The Hall–Kier alpha value is -7.92. The van der Waals surface area contributed by atoms with Gasteiger partial charge in [-0.3, -0.25) is 77.6 Å². The summed E-state index contributed by atoms with van der Waals surface area (Å²) in [4.78, 5) is 135. The number of benzene rings is 2. The SMILES string of the molecule is C#C[C@H]1CC(F)(F)CN1C(=O)CNC(=O)c1ccnc2ccc(OCCCN3CCN(C(=O)[C@H](O)CSCCNC(=O)[C@H](CCCCN=C(C)NC(=O)CCCc4ccc(C)cc4)NC(=O)CN4CCN(COC=O)CCN(COC=O)CCN(CC(=O)O)CC4)CC3)cc12. The van der Waals surface area contributed by atoms with Crippen molar-refractivity contribution in [3.63, 3.8) is 0 Å². The monoisotopic (exact) mass is 1350 g/mol. The summed E-state index contributed by atoms with van der Waals surface area (Å²) in [5.41, 5.74) is 3.05. The number of aliphatic imine (C=N–C) groups is 1. The first kappa shape index (κ1) is 76.1. The number of piperazine rings is 1. The number of aliphatic carboxylic acids is 1. The number of amides is 6. The van der Waals surface area contributed by atoms with Gasteiger partial charge in [-0.15, -0.1) is 6.42 Å². The van der Waals surface area contributed by atoms with Crippen LogP contribution in [0.15, 0.2) is 59.7 Å². The second-order valence-corrected chi connectivity index (χ2v) is 24.8. The van der Waals surface area contributed by atoms with Gasteiger partial charge in [0.15, 0.2) is 0 Å². The molecule has 6 N–H and O–H groups in total. The number of aliphatic hydroxyl groups is 1. The first-order valence-electron chi connectivity index (χ1n) is 32.1. The van der Waals surface area contributed by atoms with E-state index >= 15 is 0 Å². The maximum Gasteiger partial charge on any atom is 0.317 e. The van der Waals surface area contributed by atoms with Crippen molar-refractivity contribution >= 4 is 82.9 Å². The maximum atomic E-state index is 14.0. The van der Waals surface area contributed by atoms with E-state index in [1.165, 1.54) is 29.6 Å². The van der Waals surface area contributed by atoms with Gasteiger partial charge in [-0.1, -0.05) is 35.7 Å². The van der Waals surface area contributed by atoms with Gasteiger partial charge in [0.1, 0.15) is 31.4 Å². The van der Waals surface area contributed by atoms with Crippen molar-refractivity contribution in [2.75, 3.05) is 156 Å². The molecule has 6 rings (SSSR count). The molecule has 3 fully saturated rings. The van der Waals surface area contributed by atoms with E-state index in [1.807, 2.05) is 33.8 Å². The average molecular weight is 1350 g/mol. The molecular formula is C65H91F2N13O14S. The van der Waals surface area contributed by atoms with E-state index in [9.17, 15) is 62.1 Å². The second-order valence-electron chi connectivity index (χ2n) is 23.7. The Kier molecular flexibility index (Phi) is 32.4. The van der Waals surface area contributed by atoms with Gasteiger partial charge < -0.3 is 55.5 Å². The summed E-state index contributed by atoms with van der Waals surface area (Å²) in [7, 11) is 0. The largest absolute Gasteiger partial charge is 0.494 e. The highest BCUT2D eigenvalue weighted by molar-refractivity contribution is 7.99. The van der Waals surface area contributed by atoms with Crippen molar-refractivity contribution in [2.45, 2.75) is 89.3 Å². The fourth-order valence-electron chi connectivity index (χ4n) is 11.1. The number of carboxylic acid groups (broad SMARTS) is 1. The lowest BCUT2D eigenvalue weighted by atomic mass is 10.1. The van der Waals surface area contributed by atoms with Crippen LogP contribution in [0.25, 0.3) is 10.9 Å². The van der Waals surface area contributed by atoms with Crippen LogP contribution in [-0.4, -0.2) is 290 Å². The zero-order valence-electron chi connectivity index (χ0n) is 54.3. The molecule has 3 aliphatic heterocycles. The molecule has 0 bridgehead atoms. The molecule has 3 aliphatic rings. The molecule has 3 saturated heterocycles. The number of nitrogens with zero attached hydrogens (tertiary/aromatic N) is 9. The number of aryl methyl sites for hydroxylation is 2. The Labute approximate surface area is 557 Å². The highest BCUT2D eigenvalue weighted by Crippen LogP contribution is 2.32. The third kappa shape index (κ3) is 27.4. The van der Waals surface area contributed by atoms with Crippen molar-refractivity contribution in [3.8, 4) is 18.1 Å². The summed E-state index contributed by atoms with van der Waals surface area (Å²) in [6.07, 6.45) is 8.62. The van der Waals surface area contributed by atoms with Crippen molar-refractivity contribution in [1.82, 2.24) is 60.6 Å². The molecule has 0 spiro atoms. The summed E-state index contributed by atoms with van der Waals surface area (Å²) in [5, 5.41) is 32.3. The number of thioether (sulfide) groups is 1. The van der Waals surface area contributed by atoms with Crippen molar-refractivity contribution in [2.24, 2.45) is 4.99 Å². The highest BCUT2D eigenvalue weighted by Gasteiger charge is 2.46. The third-order valence-corrected chi connectivity index (χ3v) is 17.4. The van der Waals surface area contributed by atoms with Gasteiger partial charge in [0, 0.05) is 134 Å². The lowest BCUT2D eigenvalue weighted by Crippen LogP contribution is -2.52. The minimum Gasteiger partial charge on any atom is -0.494 e. The molecule has 4 heterocycles. The number of carboxylic acids is 1. The quantitative estimate of drug-likeness (QED) is 0.0158. The van der Waals surface area contributed by atoms with E-state index < -0.39 is 79.1 Å². The molecule has 0 unspecified atom stereocenters. The topological polar surface area (TPSA) is 318 Å². The number of ether oxygens (including phenoxy) is 3. The number of aromatic nitrogens is 1. The molecule has 3 aromatic rings. The van der Waals surface area contributed by atoms with Crippen LogP contribution < -0.4 is 26.0 Å². The number of halogens is 2. The number of unbranched alkanes of at least 4 members (excludes halogenated alkanes) is 1. The Morgan fingerprint density at radius 1 is 0.821 bits per heavy atom. The number of nitrogens with one attached hydrogen (secondary N) is 4. The van der Waals surface area contributed by atoms with Crippen LogP contribution >= 0.6 is 11.8 Å². The number of alkyl halides is 2. The number of carbonyl (C=O) groups is 9. The molecule has 0 radical (unpaired) electrons. The number of hydrogen-bond acceptors (Lipinski definition) is 21. The number of amidine groups is 1. The summed E-state index contributed by atoms with van der Waals surface area (Å²) < 4.78 is 44.1. The minimum absolute atomic E-state index is 0.0180. The van der Waals surface area contributed by atoms with Crippen LogP contribution in [0, 0.1) is 19.3 Å². The van der Waals surface area contributed by atoms with E-state index in [0.717, 1.165) is 16.9 Å². The summed E-state index contributed by atoms with van der Waals surface area (Å²) in [6.45, 7) is 8.73. The number of pyridine rings is 1. The summed E-state index contributed by atoms with van der Waals surface area (Å²) >= 11 is 1.29. The van der Waals surface area contributed by atoms with Crippen LogP contribution in [0.5, 0.6) is 5.75 Å². The summed E-state index contributed by atoms with van der Waals surface area (Å²) in [6, 6.07) is 12.8. The van der Waals surface area contributed by atoms with Gasteiger partial charge in [0.05, 0.1) is 55.7 Å². The number of carbonyl (C=O) groups excluding carboxylic acids is 8. The number of fused-ring (bicyclic) bond motifs is 1. The number of rotatable bonds is 35. The van der Waals surface area contributed by atoms with Gasteiger partial charge in [-0.05, 0) is 82.2 Å². The van der Waals surface area contributed by atoms with Gasteiger partial charge >= 0.3 is 5.97 Å². The van der Waals surface area contributed by atoms with Gasteiger partial charge in [0.2, 0.25) is 23.6 Å². The molecule has 1 aromatic heterocycles. The number of terminal acetylenes is 1. The first-order valence-corrected chi connectivity index (χ1v) is 33.2.